The molecule has 1 aromatic carbocycles. The number of hydrogen-bond donors (Lipinski definition) is 0. The third-order valence-corrected chi connectivity index (χ3v) is 2.87. The van der Waals surface area contributed by atoms with E-state index in [1.165, 1.54) is 32.1 Å². The lowest BCUT2D eigenvalue weighted by atomic mass is 9.91. The Morgan fingerprint density at radius 1 is 1.00 bits per heavy atom. The maximum atomic E-state index is 4.91. The first-order valence-electron chi connectivity index (χ1n) is 5.92. The van der Waals surface area contributed by atoms with Crippen LogP contribution >= 0.6 is 0 Å². The Morgan fingerprint density at radius 2 is 1.60 bits per heavy atom. The van der Waals surface area contributed by atoms with Crippen molar-refractivity contribution in [3.8, 4) is 5.75 Å². The van der Waals surface area contributed by atoms with Crippen LogP contribution in [-0.4, -0.2) is 7.11 Å². The molecule has 1 aromatic rings. The van der Waals surface area contributed by atoms with E-state index in [1.54, 1.807) is 7.11 Å². The molecule has 15 heavy (non-hydrogen) atoms. The van der Waals surface area contributed by atoms with E-state index < -0.39 is 0 Å². The summed E-state index contributed by atoms with van der Waals surface area (Å²) in [5.74, 6) is 1.95. The van der Waals surface area contributed by atoms with Crippen LogP contribution in [0, 0.1) is 5.92 Å². The van der Waals surface area contributed by atoms with Crippen LogP contribution in [0.2, 0.25) is 0 Å². The molecule has 0 radical (unpaired) electrons. The molecule has 1 fully saturated rings. The van der Waals surface area contributed by atoms with E-state index in [-0.39, 0.29) is 0 Å². The van der Waals surface area contributed by atoms with Gasteiger partial charge in [-0.1, -0.05) is 57.2 Å². The molecule has 0 spiro atoms. The van der Waals surface area contributed by atoms with E-state index >= 15 is 0 Å². The van der Waals surface area contributed by atoms with Crippen LogP contribution in [0.3, 0.4) is 0 Å². The molecule has 1 heteroatoms. The number of rotatable bonds is 1. The van der Waals surface area contributed by atoms with Crippen molar-refractivity contribution in [3.63, 3.8) is 0 Å². The maximum Gasteiger partial charge on any atom is 0.118 e. The average molecular weight is 206 g/mol. The van der Waals surface area contributed by atoms with Gasteiger partial charge in [0, 0.05) is 0 Å². The van der Waals surface area contributed by atoms with Gasteiger partial charge in [-0.25, -0.2) is 0 Å². The molecular weight excluding hydrogens is 184 g/mol. The second-order valence-electron chi connectivity index (χ2n) is 4.26. The van der Waals surface area contributed by atoms with E-state index in [1.807, 2.05) is 30.3 Å². The fourth-order valence-electron chi connectivity index (χ4n) is 1.86. The Hall–Kier alpha value is -0.980. The molecule has 0 N–H and O–H groups in total. The summed E-state index contributed by atoms with van der Waals surface area (Å²) in [7, 11) is 1.66. The van der Waals surface area contributed by atoms with Gasteiger partial charge in [-0.05, 0) is 18.1 Å². The van der Waals surface area contributed by atoms with Gasteiger partial charge in [0.1, 0.15) is 5.75 Å². The minimum Gasteiger partial charge on any atom is -0.497 e. The summed E-state index contributed by atoms with van der Waals surface area (Å²) < 4.78 is 4.91. The first-order chi connectivity index (χ1) is 7.33. The van der Waals surface area contributed by atoms with Gasteiger partial charge in [-0.3, -0.25) is 0 Å². The van der Waals surface area contributed by atoms with Gasteiger partial charge in [-0.2, -0.15) is 0 Å². The quantitative estimate of drug-likeness (QED) is 0.666. The molecule has 0 aromatic heterocycles. The van der Waals surface area contributed by atoms with Crippen LogP contribution in [0.25, 0.3) is 0 Å². The monoisotopic (exact) mass is 206 g/mol. The van der Waals surface area contributed by atoms with Gasteiger partial charge < -0.3 is 4.74 Å². The van der Waals surface area contributed by atoms with Crippen molar-refractivity contribution in [3.05, 3.63) is 30.3 Å². The highest BCUT2D eigenvalue weighted by atomic mass is 16.5. The van der Waals surface area contributed by atoms with Crippen molar-refractivity contribution < 1.29 is 4.74 Å². The van der Waals surface area contributed by atoms with E-state index in [0.29, 0.717) is 0 Å². The second kappa shape index (κ2) is 7.33. The summed E-state index contributed by atoms with van der Waals surface area (Å²) in [5.41, 5.74) is 0. The second-order valence-corrected chi connectivity index (χ2v) is 4.26. The van der Waals surface area contributed by atoms with Crippen molar-refractivity contribution >= 4 is 0 Å². The molecule has 0 unspecified atom stereocenters. The Kier molecular flexibility index (Phi) is 5.91. The van der Waals surface area contributed by atoms with Crippen LogP contribution in [-0.2, 0) is 0 Å². The van der Waals surface area contributed by atoms with E-state index in [9.17, 15) is 0 Å². The van der Waals surface area contributed by atoms with Gasteiger partial charge >= 0.3 is 0 Å². The zero-order valence-corrected chi connectivity index (χ0v) is 9.91. The first kappa shape index (κ1) is 12.1. The van der Waals surface area contributed by atoms with Crippen molar-refractivity contribution in [2.24, 2.45) is 5.92 Å². The highest BCUT2D eigenvalue weighted by molar-refractivity contribution is 5.20. The molecule has 1 nitrogen and oxygen atoms in total. The Bertz CT molecular complexity index is 237. The summed E-state index contributed by atoms with van der Waals surface area (Å²) in [6, 6.07) is 9.68. The maximum absolute atomic E-state index is 4.91. The molecule has 0 bridgehead atoms. The lowest BCUT2D eigenvalue weighted by molar-refractivity contribution is 0.385. The minimum atomic E-state index is 0.910. The van der Waals surface area contributed by atoms with Gasteiger partial charge in [0.05, 0.1) is 7.11 Å². The number of hydrogen-bond acceptors (Lipinski definition) is 1. The summed E-state index contributed by atoms with van der Waals surface area (Å²) in [6.07, 6.45) is 7.44. The molecule has 0 aliphatic heterocycles. The average Bonchev–Trinajstić information content (AvgIpc) is 2.32. The topological polar surface area (TPSA) is 9.23 Å². The molecule has 84 valence electrons. The van der Waals surface area contributed by atoms with Crippen LogP contribution < -0.4 is 4.74 Å². The van der Waals surface area contributed by atoms with Gasteiger partial charge in [0.25, 0.3) is 0 Å². The third kappa shape index (κ3) is 5.46. The lowest BCUT2D eigenvalue weighted by Crippen LogP contribution is -1.99. The predicted octanol–water partition coefficient (Wildman–Crippen LogP) is 4.28. The largest absolute Gasteiger partial charge is 0.497 e. The number of para-hydroxylation sites is 1. The third-order valence-electron chi connectivity index (χ3n) is 2.87. The van der Waals surface area contributed by atoms with Crippen molar-refractivity contribution in [2.75, 3.05) is 7.11 Å². The standard InChI is InChI=1S/C7H8O.C7H14/c1-8-7-5-3-2-4-6-7;1-7-5-3-2-4-6-7/h2-6H,1H3;7H,2-6H2,1H3. The molecule has 0 atom stereocenters. The van der Waals surface area contributed by atoms with Crippen molar-refractivity contribution in [1.82, 2.24) is 0 Å². The highest BCUT2D eigenvalue weighted by Gasteiger charge is 2.05. The fraction of sp³-hybridized carbons (Fsp3) is 0.571. The highest BCUT2D eigenvalue weighted by Crippen LogP contribution is 2.22. The van der Waals surface area contributed by atoms with Crippen LogP contribution in [0.4, 0.5) is 0 Å². The Morgan fingerprint density at radius 3 is 1.93 bits per heavy atom. The number of ether oxygens (including phenoxy) is 1. The predicted molar refractivity (Wildman–Crippen MR) is 65.2 cm³/mol. The van der Waals surface area contributed by atoms with E-state index in [0.717, 1.165) is 11.7 Å². The minimum absolute atomic E-state index is 0.910. The van der Waals surface area contributed by atoms with Gasteiger partial charge in [0.2, 0.25) is 0 Å². The van der Waals surface area contributed by atoms with Crippen molar-refractivity contribution in [2.45, 2.75) is 39.0 Å². The zero-order valence-electron chi connectivity index (χ0n) is 9.91. The molecular formula is C14H22O. The number of benzene rings is 1. The summed E-state index contributed by atoms with van der Waals surface area (Å²) in [6.45, 7) is 2.36. The Balaban J connectivity index is 0.000000151. The first-order valence-corrected chi connectivity index (χ1v) is 5.92. The lowest BCUT2D eigenvalue weighted by Gasteiger charge is -2.15. The smallest absolute Gasteiger partial charge is 0.118 e. The zero-order chi connectivity index (χ0) is 10.9. The summed E-state index contributed by atoms with van der Waals surface area (Å²) in [5, 5.41) is 0. The van der Waals surface area contributed by atoms with Crippen molar-refractivity contribution in [1.29, 1.82) is 0 Å². The van der Waals surface area contributed by atoms with Gasteiger partial charge in [-0.15, -0.1) is 0 Å². The molecule has 1 aliphatic carbocycles. The molecule has 1 aliphatic rings. The van der Waals surface area contributed by atoms with E-state index in [4.69, 9.17) is 4.74 Å². The SMILES string of the molecule is CC1CCCCC1.COc1ccccc1. The van der Waals surface area contributed by atoms with E-state index in [2.05, 4.69) is 6.92 Å². The molecule has 0 saturated heterocycles. The van der Waals surface area contributed by atoms with Crippen LogP contribution in [0.5, 0.6) is 5.75 Å². The van der Waals surface area contributed by atoms with Crippen LogP contribution in [0.1, 0.15) is 39.0 Å². The number of methoxy groups -OCH3 is 1. The fourth-order valence-corrected chi connectivity index (χ4v) is 1.86. The summed E-state index contributed by atoms with van der Waals surface area (Å²) in [4.78, 5) is 0. The van der Waals surface area contributed by atoms with Gasteiger partial charge in [0.15, 0.2) is 0 Å². The summed E-state index contributed by atoms with van der Waals surface area (Å²) >= 11 is 0. The molecule has 1 saturated carbocycles. The molecule has 0 heterocycles. The molecule has 0 amide bonds. The normalized spacial score (nSPS) is 16.4. The van der Waals surface area contributed by atoms with Crippen LogP contribution in [0.15, 0.2) is 30.3 Å². The molecule has 2 rings (SSSR count). The Labute approximate surface area is 93.5 Å².